The summed E-state index contributed by atoms with van der Waals surface area (Å²) in [6.07, 6.45) is -0.316. The van der Waals surface area contributed by atoms with Crippen molar-refractivity contribution >= 4 is 5.97 Å². The van der Waals surface area contributed by atoms with Crippen LogP contribution >= 0.6 is 0 Å². The third kappa shape index (κ3) is 4.79. The molecular formula is C18H23N3O3. The number of ether oxygens (including phenoxy) is 2. The second kappa shape index (κ2) is 9.02. The van der Waals surface area contributed by atoms with E-state index in [0.717, 1.165) is 11.1 Å². The van der Waals surface area contributed by atoms with Crippen molar-refractivity contribution in [1.82, 2.24) is 5.32 Å². The molecule has 0 fully saturated rings. The third-order valence-corrected chi connectivity index (χ3v) is 3.54. The zero-order valence-corrected chi connectivity index (χ0v) is 13.7. The zero-order chi connectivity index (χ0) is 17.4. The van der Waals surface area contributed by atoms with Crippen LogP contribution in [0.3, 0.4) is 0 Å². The van der Waals surface area contributed by atoms with Gasteiger partial charge in [-0.15, -0.1) is 0 Å². The summed E-state index contributed by atoms with van der Waals surface area (Å²) in [6, 6.07) is 14.8. The molecule has 0 bridgehead atoms. The van der Waals surface area contributed by atoms with Crippen molar-refractivity contribution in [1.29, 1.82) is 0 Å². The van der Waals surface area contributed by atoms with E-state index in [1.54, 1.807) is 12.1 Å². The average Bonchev–Trinajstić information content (AvgIpc) is 2.64. The number of hydrogen-bond acceptors (Lipinski definition) is 6. The lowest BCUT2D eigenvalue weighted by Gasteiger charge is -2.16. The third-order valence-electron chi connectivity index (χ3n) is 3.54. The highest BCUT2D eigenvalue weighted by Crippen LogP contribution is 2.25. The number of nitrogens with two attached hydrogens (primary N) is 2. The van der Waals surface area contributed by atoms with Crippen molar-refractivity contribution in [3.8, 4) is 5.75 Å². The number of nitrogens with one attached hydrogen (secondary N) is 1. The van der Waals surface area contributed by atoms with Crippen LogP contribution in [0, 0.1) is 0 Å². The second-order valence-electron chi connectivity index (χ2n) is 5.28. The molecule has 2 aromatic rings. The number of benzene rings is 2. The molecule has 0 saturated heterocycles. The van der Waals surface area contributed by atoms with E-state index < -0.39 is 5.97 Å². The van der Waals surface area contributed by atoms with Crippen LogP contribution < -0.4 is 21.5 Å². The number of methoxy groups -OCH3 is 1. The highest BCUT2D eigenvalue weighted by atomic mass is 16.5. The van der Waals surface area contributed by atoms with Crippen LogP contribution in [-0.4, -0.2) is 25.8 Å². The molecule has 5 N–H and O–H groups in total. The topological polar surface area (TPSA) is 99.6 Å². The van der Waals surface area contributed by atoms with Gasteiger partial charge < -0.3 is 20.9 Å². The van der Waals surface area contributed by atoms with Crippen molar-refractivity contribution in [3.05, 3.63) is 65.2 Å². The van der Waals surface area contributed by atoms with Gasteiger partial charge >= 0.3 is 5.97 Å². The van der Waals surface area contributed by atoms with Crippen molar-refractivity contribution in [2.75, 3.05) is 13.7 Å². The van der Waals surface area contributed by atoms with Crippen LogP contribution in [0.2, 0.25) is 0 Å². The smallest absolute Gasteiger partial charge is 0.342 e. The van der Waals surface area contributed by atoms with Gasteiger partial charge in [0.1, 0.15) is 17.9 Å². The highest BCUT2D eigenvalue weighted by molar-refractivity contribution is 5.93. The molecule has 0 radical (unpaired) electrons. The van der Waals surface area contributed by atoms with E-state index in [1.165, 1.54) is 7.11 Å². The molecule has 1 unspecified atom stereocenters. The summed E-state index contributed by atoms with van der Waals surface area (Å²) in [7, 11) is 1.52. The number of hydrogen-bond donors (Lipinski definition) is 3. The average molecular weight is 329 g/mol. The number of carbonyl (C=O) groups excluding carboxylic acids is 1. The van der Waals surface area contributed by atoms with Crippen molar-refractivity contribution in [2.45, 2.75) is 19.3 Å². The number of para-hydroxylation sites is 1. The minimum Gasteiger partial charge on any atom is -0.496 e. The molecule has 6 nitrogen and oxygen atoms in total. The van der Waals surface area contributed by atoms with E-state index in [-0.39, 0.29) is 12.8 Å². The quantitative estimate of drug-likeness (QED) is 0.500. The molecule has 0 amide bonds. The molecule has 0 aliphatic carbocycles. The summed E-state index contributed by atoms with van der Waals surface area (Å²) in [4.78, 5) is 12.4. The SMILES string of the molecule is COc1c(CNC(N)CN)cccc1C(=O)OCc1ccccc1. The van der Waals surface area contributed by atoms with Crippen molar-refractivity contribution < 1.29 is 14.3 Å². The molecule has 0 aromatic heterocycles. The summed E-state index contributed by atoms with van der Waals surface area (Å²) in [5.74, 6) is 0.0490. The first-order valence-corrected chi connectivity index (χ1v) is 7.71. The minimum absolute atomic E-state index is 0.212. The van der Waals surface area contributed by atoms with Crippen LogP contribution in [0.25, 0.3) is 0 Å². The first-order valence-electron chi connectivity index (χ1n) is 7.71. The Morgan fingerprint density at radius 2 is 1.92 bits per heavy atom. The Bertz CT molecular complexity index is 662. The van der Waals surface area contributed by atoms with Gasteiger partial charge in [0.15, 0.2) is 0 Å². The summed E-state index contributed by atoms with van der Waals surface area (Å²) in [5.41, 5.74) is 13.4. The molecule has 0 aliphatic rings. The Hall–Kier alpha value is -2.41. The van der Waals surface area contributed by atoms with Gasteiger partial charge in [0.05, 0.1) is 13.3 Å². The molecular weight excluding hydrogens is 306 g/mol. The van der Waals surface area contributed by atoms with Gasteiger partial charge in [0.25, 0.3) is 0 Å². The van der Waals surface area contributed by atoms with E-state index in [0.29, 0.717) is 24.4 Å². The molecule has 0 spiro atoms. The molecule has 24 heavy (non-hydrogen) atoms. The lowest BCUT2D eigenvalue weighted by atomic mass is 10.1. The maximum Gasteiger partial charge on any atom is 0.342 e. The van der Waals surface area contributed by atoms with E-state index >= 15 is 0 Å². The van der Waals surface area contributed by atoms with E-state index in [9.17, 15) is 4.79 Å². The predicted molar refractivity (Wildman–Crippen MR) is 92.4 cm³/mol. The monoisotopic (exact) mass is 329 g/mol. The standard InChI is InChI=1S/C18H23N3O3/c1-23-17-14(11-21-16(20)10-19)8-5-9-15(17)18(22)24-12-13-6-3-2-4-7-13/h2-9,16,21H,10-12,19-20H2,1H3. The first-order chi connectivity index (χ1) is 11.7. The van der Waals surface area contributed by atoms with Crippen LogP contribution in [0.15, 0.2) is 48.5 Å². The fourth-order valence-corrected chi connectivity index (χ4v) is 2.25. The fraction of sp³-hybridized carbons (Fsp3) is 0.278. The number of esters is 1. The lowest BCUT2D eigenvalue weighted by molar-refractivity contribution is 0.0469. The van der Waals surface area contributed by atoms with Crippen LogP contribution in [-0.2, 0) is 17.9 Å². The Labute approximate surface area is 141 Å². The van der Waals surface area contributed by atoms with Crippen molar-refractivity contribution in [3.63, 3.8) is 0 Å². The van der Waals surface area contributed by atoms with Gasteiger partial charge in [-0.25, -0.2) is 4.79 Å². The molecule has 0 saturated carbocycles. The summed E-state index contributed by atoms with van der Waals surface area (Å²) in [5, 5.41) is 3.07. The van der Waals surface area contributed by atoms with Crippen LogP contribution in [0.5, 0.6) is 5.75 Å². The van der Waals surface area contributed by atoms with Crippen LogP contribution in [0.4, 0.5) is 0 Å². The Kier molecular flexibility index (Phi) is 6.74. The van der Waals surface area contributed by atoms with Crippen LogP contribution in [0.1, 0.15) is 21.5 Å². The summed E-state index contributed by atoms with van der Waals surface area (Å²) in [6.45, 7) is 0.978. The highest BCUT2D eigenvalue weighted by Gasteiger charge is 2.17. The van der Waals surface area contributed by atoms with Gasteiger partial charge in [-0.05, 0) is 11.6 Å². The van der Waals surface area contributed by atoms with Gasteiger partial charge in [-0.2, -0.15) is 0 Å². The first kappa shape index (κ1) is 17.9. The second-order valence-corrected chi connectivity index (χ2v) is 5.28. The lowest BCUT2D eigenvalue weighted by Crippen LogP contribution is -2.43. The molecule has 1 atom stereocenters. The number of carbonyl (C=O) groups is 1. The summed E-state index contributed by atoms with van der Waals surface area (Å²) < 4.78 is 10.8. The van der Waals surface area contributed by atoms with Gasteiger partial charge in [-0.3, -0.25) is 5.32 Å². The van der Waals surface area contributed by atoms with E-state index in [1.807, 2.05) is 36.4 Å². The van der Waals surface area contributed by atoms with Gasteiger partial charge in [-0.1, -0.05) is 42.5 Å². The molecule has 128 valence electrons. The fourth-order valence-electron chi connectivity index (χ4n) is 2.25. The van der Waals surface area contributed by atoms with E-state index in [4.69, 9.17) is 20.9 Å². The molecule has 2 rings (SSSR count). The normalized spacial score (nSPS) is 11.8. The van der Waals surface area contributed by atoms with Gasteiger partial charge in [0, 0.05) is 18.7 Å². The van der Waals surface area contributed by atoms with Crippen molar-refractivity contribution in [2.24, 2.45) is 11.5 Å². The van der Waals surface area contributed by atoms with E-state index in [2.05, 4.69) is 5.32 Å². The predicted octanol–water partition coefficient (Wildman–Crippen LogP) is 1.39. The Balaban J connectivity index is 2.09. The Morgan fingerprint density at radius 3 is 2.58 bits per heavy atom. The zero-order valence-electron chi connectivity index (χ0n) is 13.7. The molecule has 0 heterocycles. The largest absolute Gasteiger partial charge is 0.496 e. The summed E-state index contributed by atoms with van der Waals surface area (Å²) >= 11 is 0. The molecule has 6 heteroatoms. The number of rotatable bonds is 8. The maximum absolute atomic E-state index is 12.4. The molecule has 2 aromatic carbocycles. The maximum atomic E-state index is 12.4. The Morgan fingerprint density at radius 1 is 1.17 bits per heavy atom. The molecule has 0 aliphatic heterocycles. The van der Waals surface area contributed by atoms with Gasteiger partial charge in [0.2, 0.25) is 0 Å². The minimum atomic E-state index is -0.430.